The van der Waals surface area contributed by atoms with Gasteiger partial charge in [-0.15, -0.1) is 0 Å². The van der Waals surface area contributed by atoms with Gasteiger partial charge in [0.25, 0.3) is 0 Å². The van der Waals surface area contributed by atoms with Gasteiger partial charge in [0.05, 0.1) is 0 Å². The molecule has 1 aliphatic rings. The number of ether oxygens (including phenoxy) is 1. The van der Waals surface area contributed by atoms with Gasteiger partial charge in [-0.05, 0) is 18.3 Å². The molecule has 0 radical (unpaired) electrons. The van der Waals surface area contributed by atoms with E-state index >= 15 is 0 Å². The summed E-state index contributed by atoms with van der Waals surface area (Å²) in [4.78, 5) is 23.0. The maximum Gasteiger partial charge on any atom is 0.302 e. The van der Waals surface area contributed by atoms with Crippen LogP contribution in [-0.4, -0.2) is 17.9 Å². The van der Waals surface area contributed by atoms with Gasteiger partial charge in [0.1, 0.15) is 11.9 Å². The van der Waals surface area contributed by atoms with Crippen LogP contribution in [0.3, 0.4) is 0 Å². The van der Waals surface area contributed by atoms with E-state index in [0.29, 0.717) is 12.8 Å². The van der Waals surface area contributed by atoms with Crippen molar-refractivity contribution in [1.82, 2.24) is 0 Å². The number of hydrogen-bond acceptors (Lipinski definition) is 3. The summed E-state index contributed by atoms with van der Waals surface area (Å²) in [6.07, 6.45) is 1.88. The van der Waals surface area contributed by atoms with Gasteiger partial charge in [0, 0.05) is 18.8 Å². The van der Waals surface area contributed by atoms with Crippen LogP contribution < -0.4 is 0 Å². The summed E-state index contributed by atoms with van der Waals surface area (Å²) in [5, 5.41) is 0. The fourth-order valence-corrected chi connectivity index (χ4v) is 2.80. The summed E-state index contributed by atoms with van der Waals surface area (Å²) in [6, 6.07) is 0. The molecular formula is C13H22O3. The molecule has 0 N–H and O–H groups in total. The molecule has 0 saturated heterocycles. The van der Waals surface area contributed by atoms with Crippen molar-refractivity contribution in [2.24, 2.45) is 10.8 Å². The summed E-state index contributed by atoms with van der Waals surface area (Å²) >= 11 is 0. The molecule has 3 nitrogen and oxygen atoms in total. The molecule has 1 saturated carbocycles. The average molecular weight is 226 g/mol. The fraction of sp³-hybridized carbons (Fsp3) is 0.846. The Morgan fingerprint density at radius 3 is 2.25 bits per heavy atom. The second-order valence-corrected chi connectivity index (χ2v) is 5.63. The summed E-state index contributed by atoms with van der Waals surface area (Å²) in [5.74, 6) is 0.0150. The van der Waals surface area contributed by atoms with E-state index in [4.69, 9.17) is 4.74 Å². The van der Waals surface area contributed by atoms with Crippen LogP contribution in [0.2, 0.25) is 0 Å². The highest BCUT2D eigenvalue weighted by Gasteiger charge is 2.54. The molecule has 2 atom stereocenters. The van der Waals surface area contributed by atoms with Gasteiger partial charge in [0.2, 0.25) is 0 Å². The van der Waals surface area contributed by atoms with Crippen molar-refractivity contribution in [1.29, 1.82) is 0 Å². The molecule has 0 bridgehead atoms. The van der Waals surface area contributed by atoms with Gasteiger partial charge in [-0.1, -0.05) is 27.7 Å². The Labute approximate surface area is 97.5 Å². The van der Waals surface area contributed by atoms with E-state index in [1.165, 1.54) is 6.92 Å². The summed E-state index contributed by atoms with van der Waals surface area (Å²) in [7, 11) is 0. The summed E-state index contributed by atoms with van der Waals surface area (Å²) < 4.78 is 5.25. The molecule has 1 fully saturated rings. The number of carbonyl (C=O) groups is 2. The molecule has 0 heterocycles. The van der Waals surface area contributed by atoms with Crippen molar-refractivity contribution >= 4 is 11.8 Å². The highest BCUT2D eigenvalue weighted by atomic mass is 16.5. The zero-order valence-electron chi connectivity index (χ0n) is 10.9. The second-order valence-electron chi connectivity index (χ2n) is 5.63. The lowest BCUT2D eigenvalue weighted by atomic mass is 9.66. The van der Waals surface area contributed by atoms with Crippen molar-refractivity contribution in [3.05, 3.63) is 0 Å². The van der Waals surface area contributed by atoms with Crippen molar-refractivity contribution in [3.8, 4) is 0 Å². The first-order chi connectivity index (χ1) is 7.23. The van der Waals surface area contributed by atoms with E-state index in [-0.39, 0.29) is 28.7 Å². The SMILES string of the molecule is CCC(=O)[C@@]1(C)C[C@@H](OC(C)=O)CC1(C)C. The minimum absolute atomic E-state index is 0.0970. The Morgan fingerprint density at radius 1 is 1.25 bits per heavy atom. The van der Waals surface area contributed by atoms with Crippen LogP contribution >= 0.6 is 0 Å². The van der Waals surface area contributed by atoms with Crippen molar-refractivity contribution in [2.75, 3.05) is 0 Å². The van der Waals surface area contributed by atoms with Crippen LogP contribution in [0, 0.1) is 10.8 Å². The first-order valence-electron chi connectivity index (χ1n) is 5.93. The lowest BCUT2D eigenvalue weighted by Crippen LogP contribution is -2.37. The van der Waals surface area contributed by atoms with Crippen LogP contribution in [-0.2, 0) is 14.3 Å². The van der Waals surface area contributed by atoms with Crippen LogP contribution in [0.5, 0.6) is 0 Å². The van der Waals surface area contributed by atoms with E-state index in [9.17, 15) is 9.59 Å². The van der Waals surface area contributed by atoms with E-state index in [2.05, 4.69) is 13.8 Å². The van der Waals surface area contributed by atoms with Gasteiger partial charge in [-0.25, -0.2) is 0 Å². The number of hydrogen-bond donors (Lipinski definition) is 0. The number of rotatable bonds is 3. The van der Waals surface area contributed by atoms with Crippen LogP contribution in [0.25, 0.3) is 0 Å². The maximum absolute atomic E-state index is 12.0. The van der Waals surface area contributed by atoms with Crippen LogP contribution in [0.1, 0.15) is 53.9 Å². The zero-order chi connectivity index (χ0) is 12.6. The quantitative estimate of drug-likeness (QED) is 0.695. The molecule has 0 amide bonds. The Morgan fingerprint density at radius 2 is 1.81 bits per heavy atom. The Hall–Kier alpha value is -0.860. The minimum atomic E-state index is -0.359. The lowest BCUT2D eigenvalue weighted by Gasteiger charge is -2.36. The molecular weight excluding hydrogens is 204 g/mol. The van der Waals surface area contributed by atoms with Gasteiger partial charge < -0.3 is 4.74 Å². The topological polar surface area (TPSA) is 43.4 Å². The molecule has 3 heteroatoms. The van der Waals surface area contributed by atoms with E-state index in [1.54, 1.807) is 0 Å². The number of carbonyl (C=O) groups excluding carboxylic acids is 2. The molecule has 0 spiro atoms. The van der Waals surface area contributed by atoms with E-state index in [1.807, 2.05) is 13.8 Å². The fourth-order valence-electron chi connectivity index (χ4n) is 2.80. The van der Waals surface area contributed by atoms with E-state index in [0.717, 1.165) is 6.42 Å². The van der Waals surface area contributed by atoms with Crippen molar-refractivity contribution in [3.63, 3.8) is 0 Å². The predicted octanol–water partition coefficient (Wildman–Crippen LogP) is 2.72. The lowest BCUT2D eigenvalue weighted by molar-refractivity contribution is -0.147. The molecule has 1 aliphatic carbocycles. The second kappa shape index (κ2) is 4.19. The van der Waals surface area contributed by atoms with E-state index < -0.39 is 0 Å². The predicted molar refractivity (Wildman–Crippen MR) is 62.0 cm³/mol. The number of ketones is 1. The van der Waals surface area contributed by atoms with Crippen molar-refractivity contribution in [2.45, 2.75) is 60.0 Å². The molecule has 0 aromatic heterocycles. The van der Waals surface area contributed by atoms with Crippen LogP contribution in [0.15, 0.2) is 0 Å². The van der Waals surface area contributed by atoms with Crippen molar-refractivity contribution < 1.29 is 14.3 Å². The molecule has 92 valence electrons. The third-order valence-electron chi connectivity index (χ3n) is 4.14. The average Bonchev–Trinajstić information content (AvgIpc) is 2.35. The van der Waals surface area contributed by atoms with Crippen LogP contribution in [0.4, 0.5) is 0 Å². The first-order valence-corrected chi connectivity index (χ1v) is 5.93. The third kappa shape index (κ3) is 2.13. The summed E-state index contributed by atoms with van der Waals surface area (Å²) in [5.41, 5.74) is -0.456. The standard InChI is InChI=1S/C13H22O3/c1-6-11(15)13(5)8-10(16-9(2)14)7-12(13,3)4/h10H,6-8H2,1-5H3/t10-,13+/m0/s1. The largest absolute Gasteiger partial charge is 0.463 e. The smallest absolute Gasteiger partial charge is 0.302 e. The Balaban J connectivity index is 2.88. The minimum Gasteiger partial charge on any atom is -0.463 e. The van der Waals surface area contributed by atoms with Gasteiger partial charge in [0.15, 0.2) is 0 Å². The molecule has 0 aromatic carbocycles. The van der Waals surface area contributed by atoms with Gasteiger partial charge >= 0.3 is 5.97 Å². The number of Topliss-reactive ketones (excluding diaryl/α,β-unsaturated/α-hetero) is 1. The zero-order valence-corrected chi connectivity index (χ0v) is 10.9. The molecule has 0 aromatic rings. The van der Waals surface area contributed by atoms with Gasteiger partial charge in [-0.2, -0.15) is 0 Å². The van der Waals surface area contributed by atoms with Gasteiger partial charge in [-0.3, -0.25) is 9.59 Å². The molecule has 16 heavy (non-hydrogen) atoms. The monoisotopic (exact) mass is 226 g/mol. The molecule has 0 unspecified atom stereocenters. The third-order valence-corrected chi connectivity index (χ3v) is 4.14. The maximum atomic E-state index is 12.0. The summed E-state index contributed by atoms with van der Waals surface area (Å²) in [6.45, 7) is 9.49. The normalized spacial score (nSPS) is 32.4. The first kappa shape index (κ1) is 13.2. The highest BCUT2D eigenvalue weighted by molar-refractivity contribution is 5.85. The Kier molecular flexibility index (Phi) is 3.46. The number of esters is 1. The molecule has 1 rings (SSSR count). The molecule has 0 aliphatic heterocycles. The highest BCUT2D eigenvalue weighted by Crippen LogP contribution is 2.54. The Bertz CT molecular complexity index is 306.